The van der Waals surface area contributed by atoms with Gasteiger partial charge in [-0.2, -0.15) is 9.90 Å². The van der Waals surface area contributed by atoms with Crippen molar-refractivity contribution >= 4 is 17.6 Å². The molecule has 0 atom stereocenters. The topological polar surface area (TPSA) is 102 Å². The van der Waals surface area contributed by atoms with Crippen LogP contribution >= 0.6 is 0 Å². The van der Waals surface area contributed by atoms with E-state index in [1.807, 2.05) is 18.2 Å². The van der Waals surface area contributed by atoms with Crippen LogP contribution in [0.1, 0.15) is 12.6 Å². The number of hydrogen-bond donors (Lipinski definition) is 2. The van der Waals surface area contributed by atoms with Crippen LogP contribution in [0.15, 0.2) is 30.6 Å². The van der Waals surface area contributed by atoms with Crippen molar-refractivity contribution in [2.24, 2.45) is 0 Å². The second-order valence-electron chi connectivity index (χ2n) is 4.04. The van der Waals surface area contributed by atoms with Crippen molar-refractivity contribution in [3.05, 3.63) is 36.3 Å². The molecule has 2 N–H and O–H groups in total. The van der Waals surface area contributed by atoms with Crippen LogP contribution in [0, 0.1) is 0 Å². The van der Waals surface area contributed by atoms with Crippen molar-refractivity contribution < 1.29 is 9.59 Å². The van der Waals surface area contributed by atoms with E-state index in [9.17, 15) is 9.59 Å². The average molecular weight is 274 g/mol. The Balaban J connectivity index is 1.82. The third kappa shape index (κ3) is 4.16. The Morgan fingerprint density at radius 1 is 1.35 bits per heavy atom. The first-order valence-corrected chi connectivity index (χ1v) is 5.98. The fourth-order valence-electron chi connectivity index (χ4n) is 1.49. The van der Waals surface area contributed by atoms with Crippen LogP contribution in [0.5, 0.6) is 0 Å². The quantitative estimate of drug-likeness (QED) is 0.795. The maximum Gasteiger partial charge on any atom is 0.243 e. The molecular weight excluding hydrogens is 260 g/mol. The van der Waals surface area contributed by atoms with Crippen molar-refractivity contribution in [2.75, 3.05) is 5.32 Å². The number of amides is 2. The van der Waals surface area contributed by atoms with Crippen LogP contribution in [0.4, 0.5) is 5.82 Å². The number of aromatic nitrogens is 4. The summed E-state index contributed by atoms with van der Waals surface area (Å²) >= 11 is 0. The normalized spacial score (nSPS) is 10.1. The zero-order chi connectivity index (χ0) is 14.4. The zero-order valence-electron chi connectivity index (χ0n) is 10.9. The predicted molar refractivity (Wildman–Crippen MR) is 70.4 cm³/mol. The van der Waals surface area contributed by atoms with Crippen LogP contribution in [0.25, 0.3) is 0 Å². The van der Waals surface area contributed by atoms with Gasteiger partial charge in [0.25, 0.3) is 0 Å². The molecule has 0 aliphatic carbocycles. The van der Waals surface area contributed by atoms with E-state index in [1.54, 1.807) is 6.20 Å². The highest BCUT2D eigenvalue weighted by Crippen LogP contribution is 1.98. The van der Waals surface area contributed by atoms with Crippen LogP contribution in [-0.2, 0) is 22.7 Å². The summed E-state index contributed by atoms with van der Waals surface area (Å²) in [5, 5.41) is 13.0. The Hall–Kier alpha value is -2.77. The fourth-order valence-corrected chi connectivity index (χ4v) is 1.49. The molecule has 0 aliphatic rings. The van der Waals surface area contributed by atoms with E-state index in [1.165, 1.54) is 17.9 Å². The average Bonchev–Trinajstić information content (AvgIpc) is 2.84. The van der Waals surface area contributed by atoms with Gasteiger partial charge in [0.05, 0.1) is 18.4 Å². The first kappa shape index (κ1) is 13.7. The molecule has 2 aromatic rings. The van der Waals surface area contributed by atoms with Gasteiger partial charge in [0.2, 0.25) is 11.8 Å². The molecular formula is C12H14N6O2. The summed E-state index contributed by atoms with van der Waals surface area (Å²) in [6, 6.07) is 5.48. The van der Waals surface area contributed by atoms with E-state index < -0.39 is 0 Å². The van der Waals surface area contributed by atoms with Gasteiger partial charge in [-0.25, -0.2) is 0 Å². The molecule has 2 aromatic heterocycles. The van der Waals surface area contributed by atoms with Crippen molar-refractivity contribution in [1.29, 1.82) is 0 Å². The largest absolute Gasteiger partial charge is 0.349 e. The molecule has 0 aromatic carbocycles. The van der Waals surface area contributed by atoms with E-state index >= 15 is 0 Å². The number of hydrogen-bond acceptors (Lipinski definition) is 5. The molecule has 0 aliphatic heterocycles. The molecule has 20 heavy (non-hydrogen) atoms. The first-order valence-electron chi connectivity index (χ1n) is 5.98. The Morgan fingerprint density at radius 2 is 2.20 bits per heavy atom. The Kier molecular flexibility index (Phi) is 4.38. The molecule has 2 rings (SSSR count). The van der Waals surface area contributed by atoms with Gasteiger partial charge < -0.3 is 10.6 Å². The second kappa shape index (κ2) is 6.41. The number of nitrogens with one attached hydrogen (secondary N) is 2. The minimum Gasteiger partial charge on any atom is -0.349 e. The lowest BCUT2D eigenvalue weighted by Gasteiger charge is -2.03. The monoisotopic (exact) mass is 274 g/mol. The number of carbonyl (C=O) groups excluding carboxylic acids is 2. The van der Waals surface area contributed by atoms with Crippen molar-refractivity contribution in [1.82, 2.24) is 25.3 Å². The SMILES string of the molecule is CC(=O)Nc1cnn(CC(=O)NCc2ccccn2)n1. The van der Waals surface area contributed by atoms with Gasteiger partial charge in [0.15, 0.2) is 5.82 Å². The lowest BCUT2D eigenvalue weighted by Crippen LogP contribution is -2.28. The summed E-state index contributed by atoms with van der Waals surface area (Å²) in [7, 11) is 0. The Morgan fingerprint density at radius 3 is 2.90 bits per heavy atom. The molecule has 0 unspecified atom stereocenters. The van der Waals surface area contributed by atoms with Gasteiger partial charge in [-0.1, -0.05) is 6.07 Å². The van der Waals surface area contributed by atoms with Gasteiger partial charge in [-0.15, -0.1) is 5.10 Å². The van der Waals surface area contributed by atoms with Crippen molar-refractivity contribution in [3.8, 4) is 0 Å². The Labute approximate surface area is 115 Å². The van der Waals surface area contributed by atoms with Crippen LogP contribution in [-0.4, -0.2) is 31.8 Å². The molecule has 2 amide bonds. The molecule has 2 heterocycles. The summed E-state index contributed by atoms with van der Waals surface area (Å²) in [4.78, 5) is 27.8. The summed E-state index contributed by atoms with van der Waals surface area (Å²) < 4.78 is 0. The summed E-state index contributed by atoms with van der Waals surface area (Å²) in [5.74, 6) is -0.160. The highest BCUT2D eigenvalue weighted by molar-refractivity contribution is 5.87. The standard InChI is InChI=1S/C12H14N6O2/c1-9(19)16-11-7-15-18(17-11)8-12(20)14-6-10-4-2-3-5-13-10/h2-5,7H,6,8H2,1H3,(H,14,20)(H,16,17,19). The lowest BCUT2D eigenvalue weighted by molar-refractivity contribution is -0.122. The summed E-state index contributed by atoms with van der Waals surface area (Å²) in [6.45, 7) is 1.70. The highest BCUT2D eigenvalue weighted by Gasteiger charge is 2.07. The third-order valence-corrected chi connectivity index (χ3v) is 2.32. The smallest absolute Gasteiger partial charge is 0.243 e. The maximum atomic E-state index is 11.7. The molecule has 8 heteroatoms. The van der Waals surface area contributed by atoms with E-state index in [4.69, 9.17) is 0 Å². The molecule has 0 saturated carbocycles. The molecule has 8 nitrogen and oxygen atoms in total. The molecule has 0 fully saturated rings. The second-order valence-corrected chi connectivity index (χ2v) is 4.04. The van der Waals surface area contributed by atoms with Gasteiger partial charge in [0.1, 0.15) is 6.54 Å². The molecule has 0 radical (unpaired) electrons. The summed E-state index contributed by atoms with van der Waals surface area (Å²) in [5.41, 5.74) is 0.771. The number of carbonyl (C=O) groups is 2. The van der Waals surface area contributed by atoms with Gasteiger partial charge in [0, 0.05) is 13.1 Å². The van der Waals surface area contributed by atoms with Crippen molar-refractivity contribution in [3.63, 3.8) is 0 Å². The summed E-state index contributed by atoms with van der Waals surface area (Å²) in [6.07, 6.45) is 3.05. The van der Waals surface area contributed by atoms with Crippen molar-refractivity contribution in [2.45, 2.75) is 20.0 Å². The molecule has 104 valence electrons. The van der Waals surface area contributed by atoms with Crippen LogP contribution < -0.4 is 10.6 Å². The molecule has 0 saturated heterocycles. The minimum atomic E-state index is -0.239. The highest BCUT2D eigenvalue weighted by atomic mass is 16.2. The van der Waals surface area contributed by atoms with E-state index in [0.717, 1.165) is 5.69 Å². The predicted octanol–water partition coefficient (Wildman–Crippen LogP) is -0.0521. The zero-order valence-corrected chi connectivity index (χ0v) is 10.9. The fraction of sp³-hybridized carbons (Fsp3) is 0.250. The number of nitrogens with zero attached hydrogens (tertiary/aromatic N) is 4. The van der Waals surface area contributed by atoms with Gasteiger partial charge in [-0.3, -0.25) is 14.6 Å². The third-order valence-electron chi connectivity index (χ3n) is 2.32. The van der Waals surface area contributed by atoms with Crippen LogP contribution in [0.3, 0.4) is 0 Å². The van der Waals surface area contributed by atoms with Gasteiger partial charge in [-0.05, 0) is 12.1 Å². The molecule has 0 bridgehead atoms. The number of rotatable bonds is 5. The Bertz CT molecular complexity index is 595. The van der Waals surface area contributed by atoms with Gasteiger partial charge >= 0.3 is 0 Å². The van der Waals surface area contributed by atoms with Crippen LogP contribution in [0.2, 0.25) is 0 Å². The lowest BCUT2D eigenvalue weighted by atomic mass is 10.3. The van der Waals surface area contributed by atoms with E-state index in [0.29, 0.717) is 12.4 Å². The minimum absolute atomic E-state index is 0.0214. The number of pyridine rings is 1. The van der Waals surface area contributed by atoms with E-state index in [-0.39, 0.29) is 18.4 Å². The first-order chi connectivity index (χ1) is 9.63. The number of anilines is 1. The molecule has 0 spiro atoms. The van der Waals surface area contributed by atoms with E-state index in [2.05, 4.69) is 25.8 Å². The maximum absolute atomic E-state index is 11.7.